The van der Waals surface area contributed by atoms with Crippen LogP contribution in [-0.2, 0) is 9.63 Å². The van der Waals surface area contributed by atoms with Crippen molar-refractivity contribution in [2.45, 2.75) is 44.8 Å². The van der Waals surface area contributed by atoms with Crippen molar-refractivity contribution in [3.8, 4) is 0 Å². The van der Waals surface area contributed by atoms with Gasteiger partial charge in [0.15, 0.2) is 0 Å². The lowest BCUT2D eigenvalue weighted by atomic mass is 10.0. The predicted molar refractivity (Wildman–Crippen MR) is 77.5 cm³/mol. The lowest BCUT2D eigenvalue weighted by Gasteiger charge is -2.34. The van der Waals surface area contributed by atoms with Gasteiger partial charge in [-0.2, -0.15) is 0 Å². The Balaban J connectivity index is 1.65. The maximum Gasteiger partial charge on any atom is 0.267 e. The number of oxime groups is 1. The minimum absolute atomic E-state index is 0.0167. The molecule has 0 aromatic heterocycles. The van der Waals surface area contributed by atoms with Gasteiger partial charge in [-0.15, -0.1) is 0 Å². The molecule has 2 heterocycles. The van der Waals surface area contributed by atoms with Crippen LogP contribution in [0.5, 0.6) is 0 Å². The molecule has 0 bridgehead atoms. The Bertz CT molecular complexity index is 556. The van der Waals surface area contributed by atoms with Crippen LogP contribution in [0.4, 0.5) is 4.39 Å². The summed E-state index contributed by atoms with van der Waals surface area (Å²) in [5, 5.41) is 4.00. The molecule has 0 N–H and O–H groups in total. The third kappa shape index (κ3) is 2.91. The highest BCUT2D eigenvalue weighted by molar-refractivity contribution is 6.04. The smallest absolute Gasteiger partial charge is 0.267 e. The standard InChI is InChI=1S/C16H19FN2O2/c1-11-4-2-3-9-19(11)16(20)15-10-14(18-21-15)12-5-7-13(17)8-6-12/h5-8,11,15H,2-4,9-10H2,1H3/t11-,15+/m0/s1. The number of carbonyl (C=O) groups is 1. The van der Waals surface area contributed by atoms with Gasteiger partial charge in [0, 0.05) is 19.0 Å². The molecule has 5 heteroatoms. The van der Waals surface area contributed by atoms with E-state index in [4.69, 9.17) is 4.84 Å². The van der Waals surface area contributed by atoms with Crippen LogP contribution in [0, 0.1) is 5.82 Å². The van der Waals surface area contributed by atoms with Crippen molar-refractivity contribution in [1.82, 2.24) is 4.90 Å². The third-order valence-electron chi connectivity index (χ3n) is 4.21. The first-order valence-electron chi connectivity index (χ1n) is 7.44. The molecular weight excluding hydrogens is 271 g/mol. The summed E-state index contributed by atoms with van der Waals surface area (Å²) in [5.41, 5.74) is 1.51. The summed E-state index contributed by atoms with van der Waals surface area (Å²) < 4.78 is 12.9. The summed E-state index contributed by atoms with van der Waals surface area (Å²) in [6.07, 6.45) is 3.19. The van der Waals surface area contributed by atoms with Crippen molar-refractivity contribution in [3.63, 3.8) is 0 Å². The zero-order valence-corrected chi connectivity index (χ0v) is 12.1. The number of hydrogen-bond acceptors (Lipinski definition) is 3. The fraction of sp³-hybridized carbons (Fsp3) is 0.500. The fourth-order valence-electron chi connectivity index (χ4n) is 2.93. The molecule has 1 fully saturated rings. The van der Waals surface area contributed by atoms with Crippen molar-refractivity contribution in [1.29, 1.82) is 0 Å². The van der Waals surface area contributed by atoms with Gasteiger partial charge in [-0.3, -0.25) is 4.79 Å². The van der Waals surface area contributed by atoms with Gasteiger partial charge in [0.25, 0.3) is 5.91 Å². The van der Waals surface area contributed by atoms with Crippen LogP contribution in [0.3, 0.4) is 0 Å². The average Bonchev–Trinajstić information content (AvgIpc) is 2.98. The average molecular weight is 290 g/mol. The molecule has 0 aliphatic carbocycles. The van der Waals surface area contributed by atoms with Crippen LogP contribution in [0.15, 0.2) is 29.4 Å². The summed E-state index contributed by atoms with van der Waals surface area (Å²) in [6.45, 7) is 2.87. The van der Waals surface area contributed by atoms with Gasteiger partial charge in [-0.05, 0) is 43.9 Å². The number of amides is 1. The van der Waals surface area contributed by atoms with Crippen LogP contribution in [0.2, 0.25) is 0 Å². The zero-order chi connectivity index (χ0) is 14.8. The Morgan fingerprint density at radius 2 is 2.10 bits per heavy atom. The first-order chi connectivity index (χ1) is 10.1. The number of carbonyl (C=O) groups excluding carboxylic acids is 1. The molecule has 0 radical (unpaired) electrons. The second kappa shape index (κ2) is 5.84. The highest BCUT2D eigenvalue weighted by atomic mass is 19.1. The monoisotopic (exact) mass is 290 g/mol. The molecule has 0 spiro atoms. The van der Waals surface area contributed by atoms with E-state index in [2.05, 4.69) is 12.1 Å². The highest BCUT2D eigenvalue weighted by Crippen LogP contribution is 2.23. The Morgan fingerprint density at radius 1 is 1.33 bits per heavy atom. The van der Waals surface area contributed by atoms with E-state index in [1.807, 2.05) is 4.90 Å². The number of hydrogen-bond donors (Lipinski definition) is 0. The summed E-state index contributed by atoms with van der Waals surface area (Å²) in [5.74, 6) is -0.268. The number of benzene rings is 1. The van der Waals surface area contributed by atoms with Gasteiger partial charge >= 0.3 is 0 Å². The van der Waals surface area contributed by atoms with Gasteiger partial charge in [0.05, 0.1) is 5.71 Å². The molecule has 3 rings (SSSR count). The fourth-order valence-corrected chi connectivity index (χ4v) is 2.93. The Labute approximate surface area is 123 Å². The molecule has 1 amide bonds. The Kier molecular flexibility index (Phi) is 3.90. The molecule has 112 valence electrons. The van der Waals surface area contributed by atoms with Crippen molar-refractivity contribution in [3.05, 3.63) is 35.6 Å². The minimum Gasteiger partial charge on any atom is -0.382 e. The molecular formula is C16H19FN2O2. The quantitative estimate of drug-likeness (QED) is 0.840. The number of rotatable bonds is 2. The van der Waals surface area contributed by atoms with Gasteiger partial charge in [-0.1, -0.05) is 17.3 Å². The maximum atomic E-state index is 12.9. The van der Waals surface area contributed by atoms with Crippen LogP contribution in [-0.4, -0.2) is 35.2 Å². The third-order valence-corrected chi connectivity index (χ3v) is 4.21. The molecule has 2 aliphatic rings. The summed E-state index contributed by atoms with van der Waals surface area (Å²) in [4.78, 5) is 19.7. The van der Waals surface area contributed by atoms with Crippen molar-refractivity contribution < 1.29 is 14.0 Å². The molecule has 0 unspecified atom stereocenters. The maximum absolute atomic E-state index is 12.9. The first kappa shape index (κ1) is 14.0. The van der Waals surface area contributed by atoms with Crippen LogP contribution < -0.4 is 0 Å². The molecule has 1 aromatic rings. The lowest BCUT2D eigenvalue weighted by molar-refractivity contribution is -0.145. The molecule has 2 atom stereocenters. The minimum atomic E-state index is -0.536. The number of nitrogens with zero attached hydrogens (tertiary/aromatic N) is 2. The number of piperidine rings is 1. The first-order valence-corrected chi connectivity index (χ1v) is 7.44. The van der Waals surface area contributed by atoms with Gasteiger partial charge in [-0.25, -0.2) is 4.39 Å². The van der Waals surface area contributed by atoms with Gasteiger partial charge in [0.2, 0.25) is 6.10 Å². The van der Waals surface area contributed by atoms with E-state index in [1.54, 1.807) is 12.1 Å². The molecule has 0 saturated carbocycles. The topological polar surface area (TPSA) is 41.9 Å². The van der Waals surface area contributed by atoms with Crippen molar-refractivity contribution >= 4 is 11.6 Å². The lowest BCUT2D eigenvalue weighted by Crippen LogP contribution is -2.47. The normalized spacial score (nSPS) is 25.4. The van der Waals surface area contributed by atoms with E-state index in [0.29, 0.717) is 12.1 Å². The second-order valence-corrected chi connectivity index (χ2v) is 5.72. The largest absolute Gasteiger partial charge is 0.382 e. The van der Waals surface area contributed by atoms with E-state index in [-0.39, 0.29) is 17.8 Å². The predicted octanol–water partition coefficient (Wildman–Crippen LogP) is 2.72. The molecule has 2 aliphatic heterocycles. The molecule has 1 aromatic carbocycles. The zero-order valence-electron chi connectivity index (χ0n) is 12.1. The molecule has 1 saturated heterocycles. The summed E-state index contributed by atoms with van der Waals surface area (Å²) >= 11 is 0. The summed E-state index contributed by atoms with van der Waals surface area (Å²) in [6, 6.07) is 6.37. The van der Waals surface area contributed by atoms with E-state index in [0.717, 1.165) is 24.9 Å². The Morgan fingerprint density at radius 3 is 2.81 bits per heavy atom. The van der Waals surface area contributed by atoms with Crippen molar-refractivity contribution in [2.75, 3.05) is 6.54 Å². The summed E-state index contributed by atoms with van der Waals surface area (Å²) in [7, 11) is 0. The van der Waals surface area contributed by atoms with Crippen molar-refractivity contribution in [2.24, 2.45) is 5.16 Å². The van der Waals surface area contributed by atoms with E-state index in [9.17, 15) is 9.18 Å². The number of likely N-dealkylation sites (tertiary alicyclic amines) is 1. The highest BCUT2D eigenvalue weighted by Gasteiger charge is 2.35. The second-order valence-electron chi connectivity index (χ2n) is 5.72. The van der Waals surface area contributed by atoms with Crippen LogP contribution >= 0.6 is 0 Å². The van der Waals surface area contributed by atoms with E-state index >= 15 is 0 Å². The Hall–Kier alpha value is -1.91. The van der Waals surface area contributed by atoms with Crippen LogP contribution in [0.25, 0.3) is 0 Å². The number of halogens is 1. The van der Waals surface area contributed by atoms with E-state index in [1.165, 1.54) is 18.6 Å². The van der Waals surface area contributed by atoms with E-state index < -0.39 is 6.10 Å². The van der Waals surface area contributed by atoms with Gasteiger partial charge in [0.1, 0.15) is 5.82 Å². The molecule has 4 nitrogen and oxygen atoms in total. The molecule has 21 heavy (non-hydrogen) atoms. The van der Waals surface area contributed by atoms with Gasteiger partial charge < -0.3 is 9.74 Å². The van der Waals surface area contributed by atoms with Crippen LogP contribution in [0.1, 0.15) is 38.2 Å². The SMILES string of the molecule is C[C@H]1CCCCN1C(=O)[C@H]1CC(c2ccc(F)cc2)=NO1.